The number of carbonyl (C=O) groups is 2. The van der Waals surface area contributed by atoms with E-state index in [2.05, 4.69) is 10.6 Å². The molecule has 0 aliphatic rings. The maximum atomic E-state index is 12.3. The molecule has 0 aromatic heterocycles. The second kappa shape index (κ2) is 9.28. The molecule has 0 fully saturated rings. The number of benzene rings is 2. The second-order valence-corrected chi connectivity index (χ2v) is 5.41. The van der Waals surface area contributed by atoms with Crippen molar-refractivity contribution in [2.24, 2.45) is 0 Å². The quantitative estimate of drug-likeness (QED) is 0.429. The number of hydrogen-bond donors (Lipinski definition) is 2. The summed E-state index contributed by atoms with van der Waals surface area (Å²) < 4.78 is 4.93. The minimum Gasteiger partial charge on any atom is -0.385 e. The van der Waals surface area contributed by atoms with Crippen LogP contribution in [-0.4, -0.2) is 37.0 Å². The number of nitro benzene ring substituents is 1. The van der Waals surface area contributed by atoms with Gasteiger partial charge in [-0.1, -0.05) is 12.1 Å². The molecule has 0 aliphatic carbocycles. The molecule has 0 saturated carbocycles. The number of carbonyl (C=O) groups excluding carboxylic acids is 2. The SMILES string of the molecule is COCCCNC(=O)c1ccccc1NC(=O)c1ccc([N+](=O)[O-])cc1. The Morgan fingerprint density at radius 2 is 1.77 bits per heavy atom. The molecule has 2 aromatic rings. The number of methoxy groups -OCH3 is 1. The number of non-ortho nitro benzene ring substituents is 1. The Morgan fingerprint density at radius 3 is 2.42 bits per heavy atom. The van der Waals surface area contributed by atoms with Crippen LogP contribution in [0.2, 0.25) is 0 Å². The van der Waals surface area contributed by atoms with Gasteiger partial charge < -0.3 is 15.4 Å². The van der Waals surface area contributed by atoms with E-state index in [1.807, 2.05) is 0 Å². The van der Waals surface area contributed by atoms with Gasteiger partial charge in [0.15, 0.2) is 0 Å². The van der Waals surface area contributed by atoms with Gasteiger partial charge in [-0.25, -0.2) is 0 Å². The van der Waals surface area contributed by atoms with Crippen LogP contribution in [-0.2, 0) is 4.74 Å². The van der Waals surface area contributed by atoms with Gasteiger partial charge in [0, 0.05) is 38.0 Å². The van der Waals surface area contributed by atoms with Crippen LogP contribution in [0.4, 0.5) is 11.4 Å². The maximum Gasteiger partial charge on any atom is 0.269 e. The predicted molar refractivity (Wildman–Crippen MR) is 96.3 cm³/mol. The van der Waals surface area contributed by atoms with Crippen molar-refractivity contribution < 1.29 is 19.2 Å². The molecule has 0 unspecified atom stereocenters. The first-order valence-corrected chi connectivity index (χ1v) is 7.95. The number of hydrogen-bond acceptors (Lipinski definition) is 5. The molecule has 2 rings (SSSR count). The minimum atomic E-state index is -0.537. The predicted octanol–water partition coefficient (Wildman–Crippen LogP) is 2.61. The van der Waals surface area contributed by atoms with Crippen molar-refractivity contribution in [2.75, 3.05) is 25.6 Å². The Kier molecular flexibility index (Phi) is 6.81. The van der Waals surface area contributed by atoms with Gasteiger partial charge >= 0.3 is 0 Å². The average molecular weight is 357 g/mol. The number of nitrogens with zero attached hydrogens (tertiary/aromatic N) is 1. The Morgan fingerprint density at radius 1 is 1.08 bits per heavy atom. The van der Waals surface area contributed by atoms with Gasteiger partial charge in [-0.3, -0.25) is 19.7 Å². The molecule has 136 valence electrons. The molecular weight excluding hydrogens is 338 g/mol. The van der Waals surface area contributed by atoms with E-state index in [0.29, 0.717) is 30.8 Å². The average Bonchev–Trinajstić information content (AvgIpc) is 2.65. The van der Waals surface area contributed by atoms with Crippen molar-refractivity contribution in [3.8, 4) is 0 Å². The van der Waals surface area contributed by atoms with Gasteiger partial charge in [0.1, 0.15) is 0 Å². The van der Waals surface area contributed by atoms with Gasteiger partial charge in [-0.2, -0.15) is 0 Å². The van der Waals surface area contributed by atoms with E-state index < -0.39 is 10.8 Å². The highest BCUT2D eigenvalue weighted by Gasteiger charge is 2.14. The number of nitrogens with one attached hydrogen (secondary N) is 2. The van der Waals surface area contributed by atoms with Crippen LogP contribution in [0.3, 0.4) is 0 Å². The summed E-state index contributed by atoms with van der Waals surface area (Å²) >= 11 is 0. The smallest absolute Gasteiger partial charge is 0.269 e. The largest absolute Gasteiger partial charge is 0.385 e. The Labute approximate surface area is 150 Å². The molecule has 2 amide bonds. The van der Waals surface area contributed by atoms with E-state index in [4.69, 9.17) is 4.74 Å². The second-order valence-electron chi connectivity index (χ2n) is 5.41. The van der Waals surface area contributed by atoms with Gasteiger partial charge in [0.25, 0.3) is 17.5 Å². The summed E-state index contributed by atoms with van der Waals surface area (Å²) in [5, 5.41) is 16.1. The van der Waals surface area contributed by atoms with Gasteiger partial charge in [0.05, 0.1) is 16.2 Å². The first-order valence-electron chi connectivity index (χ1n) is 7.95. The third-order valence-corrected chi connectivity index (χ3v) is 3.57. The third-order valence-electron chi connectivity index (χ3n) is 3.57. The summed E-state index contributed by atoms with van der Waals surface area (Å²) in [7, 11) is 1.59. The highest BCUT2D eigenvalue weighted by atomic mass is 16.6. The molecule has 0 bridgehead atoms. The first-order chi connectivity index (χ1) is 12.5. The van der Waals surface area contributed by atoms with Crippen molar-refractivity contribution in [3.05, 3.63) is 69.8 Å². The Balaban J connectivity index is 2.08. The number of para-hydroxylation sites is 1. The fraction of sp³-hybridized carbons (Fsp3) is 0.222. The summed E-state index contributed by atoms with van der Waals surface area (Å²) in [4.78, 5) is 34.8. The molecule has 0 saturated heterocycles. The van der Waals surface area contributed by atoms with Crippen LogP contribution in [0, 0.1) is 10.1 Å². The zero-order valence-electron chi connectivity index (χ0n) is 14.2. The number of anilines is 1. The lowest BCUT2D eigenvalue weighted by Crippen LogP contribution is -2.26. The zero-order valence-corrected chi connectivity index (χ0v) is 14.2. The van der Waals surface area contributed by atoms with Crippen LogP contribution >= 0.6 is 0 Å². The summed E-state index contributed by atoms with van der Waals surface area (Å²) in [5.74, 6) is -0.764. The zero-order chi connectivity index (χ0) is 18.9. The van der Waals surface area contributed by atoms with Crippen LogP contribution in [0.15, 0.2) is 48.5 Å². The van der Waals surface area contributed by atoms with Crippen LogP contribution in [0.5, 0.6) is 0 Å². The van der Waals surface area contributed by atoms with Crippen LogP contribution < -0.4 is 10.6 Å². The fourth-order valence-corrected chi connectivity index (χ4v) is 2.23. The normalized spacial score (nSPS) is 10.2. The fourth-order valence-electron chi connectivity index (χ4n) is 2.23. The summed E-state index contributed by atoms with van der Waals surface area (Å²) in [6, 6.07) is 11.9. The molecule has 0 atom stereocenters. The lowest BCUT2D eigenvalue weighted by molar-refractivity contribution is -0.384. The van der Waals surface area contributed by atoms with E-state index in [1.54, 1.807) is 31.4 Å². The minimum absolute atomic E-state index is 0.0996. The standard InChI is InChI=1S/C18H19N3O5/c1-26-12-4-11-19-18(23)15-5-2-3-6-16(15)20-17(22)13-7-9-14(10-8-13)21(24)25/h2-3,5-10H,4,11-12H2,1H3,(H,19,23)(H,20,22). The molecular formula is C18H19N3O5. The summed E-state index contributed by atoms with van der Waals surface area (Å²) in [6.45, 7) is 0.996. The molecule has 26 heavy (non-hydrogen) atoms. The van der Waals surface area contributed by atoms with Crippen molar-refractivity contribution in [2.45, 2.75) is 6.42 Å². The molecule has 0 aliphatic heterocycles. The van der Waals surface area contributed by atoms with E-state index >= 15 is 0 Å². The van der Waals surface area contributed by atoms with E-state index in [0.717, 1.165) is 0 Å². The van der Waals surface area contributed by atoms with Crippen molar-refractivity contribution in [1.82, 2.24) is 5.32 Å². The number of ether oxygens (including phenoxy) is 1. The lowest BCUT2D eigenvalue weighted by atomic mass is 10.1. The lowest BCUT2D eigenvalue weighted by Gasteiger charge is -2.11. The van der Waals surface area contributed by atoms with Gasteiger partial charge in [0.2, 0.25) is 0 Å². The highest BCUT2D eigenvalue weighted by molar-refractivity contribution is 6.09. The molecule has 2 aromatic carbocycles. The number of nitro groups is 1. The highest BCUT2D eigenvalue weighted by Crippen LogP contribution is 2.17. The monoisotopic (exact) mass is 357 g/mol. The molecule has 0 spiro atoms. The van der Waals surface area contributed by atoms with Crippen LogP contribution in [0.25, 0.3) is 0 Å². The van der Waals surface area contributed by atoms with Crippen LogP contribution in [0.1, 0.15) is 27.1 Å². The maximum absolute atomic E-state index is 12.3. The molecule has 8 heteroatoms. The van der Waals surface area contributed by atoms with Crippen molar-refractivity contribution in [3.63, 3.8) is 0 Å². The Bertz CT molecular complexity index is 790. The summed E-state index contributed by atoms with van der Waals surface area (Å²) in [6.07, 6.45) is 0.680. The third kappa shape index (κ3) is 5.12. The Hall–Kier alpha value is -3.26. The first kappa shape index (κ1) is 19.1. The van der Waals surface area contributed by atoms with E-state index in [9.17, 15) is 19.7 Å². The van der Waals surface area contributed by atoms with Crippen molar-refractivity contribution >= 4 is 23.2 Å². The molecule has 0 heterocycles. The van der Waals surface area contributed by atoms with Crippen molar-refractivity contribution in [1.29, 1.82) is 0 Å². The van der Waals surface area contributed by atoms with E-state index in [1.165, 1.54) is 24.3 Å². The topological polar surface area (TPSA) is 111 Å². The number of amides is 2. The molecule has 8 nitrogen and oxygen atoms in total. The van der Waals surface area contributed by atoms with Gasteiger partial charge in [-0.05, 0) is 30.7 Å². The molecule has 0 radical (unpaired) electrons. The number of rotatable bonds is 8. The van der Waals surface area contributed by atoms with Gasteiger partial charge in [-0.15, -0.1) is 0 Å². The summed E-state index contributed by atoms with van der Waals surface area (Å²) in [5.41, 5.74) is 0.851. The molecule has 2 N–H and O–H groups in total. The van der Waals surface area contributed by atoms with E-state index in [-0.39, 0.29) is 17.2 Å².